The molecule has 1 N–H and O–H groups in total. The summed E-state index contributed by atoms with van der Waals surface area (Å²) in [4.78, 5) is 17.3. The van der Waals surface area contributed by atoms with E-state index in [9.17, 15) is 13.2 Å². The quantitative estimate of drug-likeness (QED) is 0.694. The number of carbonyl (C=O) groups is 1. The summed E-state index contributed by atoms with van der Waals surface area (Å²) >= 11 is 1.49. The van der Waals surface area contributed by atoms with Gasteiger partial charge >= 0.3 is 0 Å². The first-order chi connectivity index (χ1) is 13.5. The highest BCUT2D eigenvalue weighted by Gasteiger charge is 2.29. The van der Waals surface area contributed by atoms with Gasteiger partial charge in [0.2, 0.25) is 10.0 Å². The summed E-state index contributed by atoms with van der Waals surface area (Å²) in [7, 11) is -3.49. The first kappa shape index (κ1) is 19.0. The second kappa shape index (κ2) is 7.98. The highest BCUT2D eigenvalue weighted by Crippen LogP contribution is 2.26. The molecule has 0 atom stereocenters. The van der Waals surface area contributed by atoms with Crippen LogP contribution in [-0.2, 0) is 10.0 Å². The summed E-state index contributed by atoms with van der Waals surface area (Å²) in [5.41, 5.74) is 0. The van der Waals surface area contributed by atoms with E-state index in [2.05, 4.69) is 10.3 Å². The number of nitrogens with one attached hydrogen (secondary N) is 1. The van der Waals surface area contributed by atoms with E-state index in [4.69, 9.17) is 0 Å². The zero-order valence-corrected chi connectivity index (χ0v) is 16.9. The number of aromatic nitrogens is 1. The molecule has 1 aromatic carbocycles. The maximum Gasteiger partial charge on any atom is 0.261 e. The summed E-state index contributed by atoms with van der Waals surface area (Å²) in [5, 5.41) is 4.08. The monoisotopic (exact) mass is 415 g/mol. The summed E-state index contributed by atoms with van der Waals surface area (Å²) < 4.78 is 27.9. The van der Waals surface area contributed by atoms with Crippen molar-refractivity contribution in [1.82, 2.24) is 14.6 Å². The molecule has 8 heteroatoms. The second-order valence-electron chi connectivity index (χ2n) is 6.89. The molecule has 28 heavy (non-hydrogen) atoms. The maximum atomic E-state index is 12.6. The van der Waals surface area contributed by atoms with Gasteiger partial charge in [-0.25, -0.2) is 8.42 Å². The van der Waals surface area contributed by atoms with E-state index in [1.165, 1.54) is 21.8 Å². The third kappa shape index (κ3) is 3.94. The Bertz CT molecular complexity index is 1040. The van der Waals surface area contributed by atoms with Crippen LogP contribution < -0.4 is 5.32 Å². The number of thiophene rings is 1. The molecule has 1 aliphatic heterocycles. The maximum absolute atomic E-state index is 12.6. The number of piperidine rings is 1. The Morgan fingerprint density at radius 1 is 1.18 bits per heavy atom. The predicted octanol–water partition coefficient (Wildman–Crippen LogP) is 3.13. The number of hydrogen-bond acceptors (Lipinski definition) is 5. The van der Waals surface area contributed by atoms with Gasteiger partial charge in [0.15, 0.2) is 0 Å². The average Bonchev–Trinajstić information content (AvgIpc) is 3.17. The van der Waals surface area contributed by atoms with Gasteiger partial charge in [0.1, 0.15) is 4.90 Å². The number of nitrogens with zero attached hydrogens (tertiary/aromatic N) is 2. The number of fused-ring (bicyclic) bond motifs is 1. The molecule has 6 nitrogen and oxygen atoms in total. The van der Waals surface area contributed by atoms with Crippen molar-refractivity contribution in [3.05, 3.63) is 59.7 Å². The molecular weight excluding hydrogens is 394 g/mol. The van der Waals surface area contributed by atoms with Gasteiger partial charge in [0, 0.05) is 36.7 Å². The predicted molar refractivity (Wildman–Crippen MR) is 110 cm³/mol. The Hall–Kier alpha value is -2.29. The summed E-state index contributed by atoms with van der Waals surface area (Å²) in [6, 6.07) is 13.1. The molecule has 146 valence electrons. The highest BCUT2D eigenvalue weighted by atomic mass is 32.2. The van der Waals surface area contributed by atoms with Gasteiger partial charge in [-0.1, -0.05) is 18.2 Å². The minimum Gasteiger partial charge on any atom is -0.351 e. The summed E-state index contributed by atoms with van der Waals surface area (Å²) in [6.45, 7) is 1.48. The van der Waals surface area contributed by atoms with Crippen molar-refractivity contribution in [1.29, 1.82) is 0 Å². The number of benzene rings is 1. The molecule has 4 rings (SSSR count). The first-order valence-electron chi connectivity index (χ1n) is 9.21. The molecule has 0 spiro atoms. The number of amides is 1. The molecule has 1 saturated heterocycles. The van der Waals surface area contributed by atoms with Gasteiger partial charge in [0.05, 0.1) is 4.88 Å². The van der Waals surface area contributed by atoms with E-state index in [1.807, 2.05) is 30.3 Å². The number of hydrogen-bond donors (Lipinski definition) is 1. The van der Waals surface area contributed by atoms with Crippen LogP contribution in [-0.4, -0.2) is 43.2 Å². The number of carbonyl (C=O) groups excluding carboxylic acids is 1. The highest BCUT2D eigenvalue weighted by molar-refractivity contribution is 7.89. The molecule has 0 radical (unpaired) electrons. The molecule has 1 amide bonds. The topological polar surface area (TPSA) is 79.4 Å². The van der Waals surface area contributed by atoms with Crippen LogP contribution in [0.1, 0.15) is 22.5 Å². The molecular formula is C20H21N3O3S2. The van der Waals surface area contributed by atoms with E-state index >= 15 is 0 Å². The van der Waals surface area contributed by atoms with Crippen molar-refractivity contribution in [3.8, 4) is 0 Å². The molecule has 0 bridgehead atoms. The minimum absolute atomic E-state index is 0.0633. The van der Waals surface area contributed by atoms with Crippen LogP contribution in [0, 0.1) is 5.92 Å². The molecule has 0 aliphatic carbocycles. The van der Waals surface area contributed by atoms with Gasteiger partial charge in [-0.05, 0) is 48.4 Å². The van der Waals surface area contributed by atoms with E-state index in [0.717, 1.165) is 22.9 Å². The molecule has 2 aromatic heterocycles. The molecule has 3 aromatic rings. The Labute approximate surface area is 168 Å². The van der Waals surface area contributed by atoms with Crippen molar-refractivity contribution < 1.29 is 13.2 Å². The van der Waals surface area contributed by atoms with Crippen molar-refractivity contribution in [2.24, 2.45) is 5.92 Å². The lowest BCUT2D eigenvalue weighted by Gasteiger charge is -2.31. The zero-order chi connectivity index (χ0) is 19.6. The Balaban J connectivity index is 1.31. The first-order valence-corrected chi connectivity index (χ1v) is 11.5. The fraction of sp³-hybridized carbons (Fsp3) is 0.300. The molecule has 1 aliphatic rings. The lowest BCUT2D eigenvalue weighted by atomic mass is 9.98. The van der Waals surface area contributed by atoms with Gasteiger partial charge in [-0.15, -0.1) is 11.3 Å². The largest absolute Gasteiger partial charge is 0.351 e. The smallest absolute Gasteiger partial charge is 0.261 e. The zero-order valence-electron chi connectivity index (χ0n) is 15.2. The average molecular weight is 416 g/mol. The normalized spacial score (nSPS) is 16.3. The van der Waals surface area contributed by atoms with E-state index in [1.54, 1.807) is 18.3 Å². The van der Waals surface area contributed by atoms with Crippen molar-refractivity contribution >= 4 is 37.4 Å². The van der Waals surface area contributed by atoms with Gasteiger partial charge in [0.25, 0.3) is 5.91 Å². The Kier molecular flexibility index (Phi) is 5.43. The molecule has 1 fully saturated rings. The lowest BCUT2D eigenvalue weighted by Crippen LogP contribution is -2.41. The Morgan fingerprint density at radius 3 is 2.68 bits per heavy atom. The van der Waals surface area contributed by atoms with Crippen molar-refractivity contribution in [3.63, 3.8) is 0 Å². The molecule has 0 unspecified atom stereocenters. The molecule has 3 heterocycles. The van der Waals surface area contributed by atoms with Crippen LogP contribution in [0.15, 0.2) is 59.8 Å². The number of pyridine rings is 1. The second-order valence-corrected chi connectivity index (χ2v) is 9.92. The van der Waals surface area contributed by atoms with Crippen LogP contribution in [0.25, 0.3) is 10.1 Å². The van der Waals surface area contributed by atoms with E-state index in [0.29, 0.717) is 24.5 Å². The van der Waals surface area contributed by atoms with Crippen LogP contribution in [0.3, 0.4) is 0 Å². The van der Waals surface area contributed by atoms with Crippen LogP contribution in [0.5, 0.6) is 0 Å². The van der Waals surface area contributed by atoms with Crippen LogP contribution in [0.2, 0.25) is 0 Å². The van der Waals surface area contributed by atoms with E-state index in [-0.39, 0.29) is 16.7 Å². The lowest BCUT2D eigenvalue weighted by molar-refractivity contribution is 0.0945. The summed E-state index contributed by atoms with van der Waals surface area (Å²) in [6.07, 6.45) is 4.40. The SMILES string of the molecule is O=C(NCC1CCN(S(=O)(=O)c2cccnc2)CC1)c1cc2ccccc2s1. The third-order valence-electron chi connectivity index (χ3n) is 5.05. The standard InChI is InChI=1S/C20H21N3O3S2/c24-20(19-12-16-4-1-2-6-18(16)27-19)22-13-15-7-10-23(11-8-15)28(25,26)17-5-3-9-21-14-17/h1-6,9,12,14-15H,7-8,10-11,13H2,(H,22,24). The Morgan fingerprint density at radius 2 is 1.96 bits per heavy atom. The van der Waals surface area contributed by atoms with E-state index < -0.39 is 10.0 Å². The van der Waals surface area contributed by atoms with Gasteiger partial charge < -0.3 is 5.32 Å². The summed E-state index contributed by atoms with van der Waals surface area (Å²) in [5.74, 6) is 0.213. The van der Waals surface area contributed by atoms with Crippen molar-refractivity contribution in [2.75, 3.05) is 19.6 Å². The fourth-order valence-corrected chi connectivity index (χ4v) is 5.83. The minimum atomic E-state index is -3.49. The number of rotatable bonds is 5. The van der Waals surface area contributed by atoms with Gasteiger partial charge in [-0.3, -0.25) is 9.78 Å². The van der Waals surface area contributed by atoms with Crippen LogP contribution in [0.4, 0.5) is 0 Å². The van der Waals surface area contributed by atoms with Crippen LogP contribution >= 0.6 is 11.3 Å². The molecule has 0 saturated carbocycles. The fourth-order valence-electron chi connectivity index (χ4n) is 3.42. The third-order valence-corrected chi connectivity index (χ3v) is 8.04. The number of sulfonamides is 1. The van der Waals surface area contributed by atoms with Crippen molar-refractivity contribution in [2.45, 2.75) is 17.7 Å². The van der Waals surface area contributed by atoms with Gasteiger partial charge in [-0.2, -0.15) is 4.31 Å².